The third-order valence-electron chi connectivity index (χ3n) is 3.70. The third-order valence-corrected chi connectivity index (χ3v) is 4.62. The van der Waals surface area contributed by atoms with Gasteiger partial charge in [-0.3, -0.25) is 4.79 Å². The van der Waals surface area contributed by atoms with Crippen molar-refractivity contribution in [3.8, 4) is 0 Å². The Bertz CT molecular complexity index is 623. The molecule has 1 amide bonds. The van der Waals surface area contributed by atoms with Gasteiger partial charge in [0.2, 0.25) is 10.0 Å². The Labute approximate surface area is 123 Å². The highest BCUT2D eigenvalue weighted by Crippen LogP contribution is 2.19. The van der Waals surface area contributed by atoms with E-state index in [1.165, 1.54) is 0 Å². The van der Waals surface area contributed by atoms with Crippen LogP contribution >= 0.6 is 0 Å². The molecule has 5 nitrogen and oxygen atoms in total. The maximum atomic E-state index is 13.9. The molecule has 0 radical (unpaired) electrons. The number of carbonyl (C=O) groups is 1. The molecule has 1 aromatic carbocycles. The van der Waals surface area contributed by atoms with Gasteiger partial charge < -0.3 is 5.32 Å². The Morgan fingerprint density at radius 2 is 1.81 bits per heavy atom. The highest BCUT2D eigenvalue weighted by molar-refractivity contribution is 7.89. The Morgan fingerprint density at radius 3 is 2.33 bits per heavy atom. The summed E-state index contributed by atoms with van der Waals surface area (Å²) in [7, 11) is -3.97. The lowest BCUT2D eigenvalue weighted by Crippen LogP contribution is -2.35. The van der Waals surface area contributed by atoms with Crippen molar-refractivity contribution in [2.45, 2.75) is 49.5 Å². The molecular weight excluding hydrogens is 295 g/mol. The molecule has 0 heterocycles. The van der Waals surface area contributed by atoms with Crippen LogP contribution in [0.3, 0.4) is 0 Å². The van der Waals surface area contributed by atoms with E-state index in [1.54, 1.807) is 0 Å². The first-order valence-electron chi connectivity index (χ1n) is 7.01. The van der Waals surface area contributed by atoms with Crippen LogP contribution in [0.2, 0.25) is 0 Å². The van der Waals surface area contributed by atoms with Gasteiger partial charge in [-0.05, 0) is 31.0 Å². The lowest BCUT2D eigenvalue weighted by molar-refractivity contribution is 0.0929. The maximum absolute atomic E-state index is 13.9. The van der Waals surface area contributed by atoms with Gasteiger partial charge in [0.1, 0.15) is 5.82 Å². The zero-order valence-electron chi connectivity index (χ0n) is 11.6. The second-order valence-electron chi connectivity index (χ2n) is 5.35. The average Bonchev–Trinajstić information content (AvgIpc) is 2.66. The summed E-state index contributed by atoms with van der Waals surface area (Å²) in [6, 6.07) is 3.12. The van der Waals surface area contributed by atoms with E-state index in [1.807, 2.05) is 0 Å². The molecule has 21 heavy (non-hydrogen) atoms. The van der Waals surface area contributed by atoms with Gasteiger partial charge in [0.05, 0.1) is 10.5 Å². The molecule has 7 heteroatoms. The van der Waals surface area contributed by atoms with Gasteiger partial charge in [-0.1, -0.05) is 25.7 Å². The van der Waals surface area contributed by atoms with Crippen LogP contribution in [0.4, 0.5) is 4.39 Å². The van der Waals surface area contributed by atoms with Gasteiger partial charge in [-0.25, -0.2) is 17.9 Å². The van der Waals surface area contributed by atoms with Crippen molar-refractivity contribution in [3.63, 3.8) is 0 Å². The SMILES string of the molecule is NS(=O)(=O)c1ccc(C(=O)NC2CCCCCC2)c(F)c1. The average molecular weight is 314 g/mol. The van der Waals surface area contributed by atoms with Gasteiger partial charge in [-0.2, -0.15) is 0 Å². The summed E-state index contributed by atoms with van der Waals surface area (Å²) in [6.07, 6.45) is 6.20. The minimum absolute atomic E-state index is 0.0531. The second-order valence-corrected chi connectivity index (χ2v) is 6.91. The predicted molar refractivity (Wildman–Crippen MR) is 76.7 cm³/mol. The van der Waals surface area contributed by atoms with Crippen molar-refractivity contribution in [2.75, 3.05) is 0 Å². The van der Waals surface area contributed by atoms with E-state index in [2.05, 4.69) is 5.32 Å². The molecule has 1 fully saturated rings. The first-order valence-corrected chi connectivity index (χ1v) is 8.56. The molecule has 1 aliphatic carbocycles. The quantitative estimate of drug-likeness (QED) is 0.835. The summed E-state index contributed by atoms with van der Waals surface area (Å²) >= 11 is 0. The smallest absolute Gasteiger partial charge is 0.254 e. The van der Waals surface area contributed by atoms with Crippen LogP contribution in [0.15, 0.2) is 23.1 Å². The van der Waals surface area contributed by atoms with Gasteiger partial charge in [0.15, 0.2) is 0 Å². The highest BCUT2D eigenvalue weighted by atomic mass is 32.2. The first-order chi connectivity index (χ1) is 9.88. The molecule has 0 aromatic heterocycles. The molecular formula is C14H19FN2O3S. The standard InChI is InChI=1S/C14H19FN2O3S/c15-13-9-11(21(16,19)20)7-8-12(13)14(18)17-10-5-3-1-2-4-6-10/h7-10H,1-6H2,(H,17,18)(H2,16,19,20). The zero-order chi connectivity index (χ0) is 15.5. The molecule has 116 valence electrons. The van der Waals surface area contributed by atoms with E-state index in [4.69, 9.17) is 5.14 Å². The molecule has 0 atom stereocenters. The monoisotopic (exact) mass is 314 g/mol. The van der Waals surface area contributed by atoms with E-state index >= 15 is 0 Å². The van der Waals surface area contributed by atoms with Gasteiger partial charge in [-0.15, -0.1) is 0 Å². The van der Waals surface area contributed by atoms with Crippen LogP contribution in [0.1, 0.15) is 48.9 Å². The minimum Gasteiger partial charge on any atom is -0.349 e. The number of nitrogens with two attached hydrogens (primary N) is 1. The molecule has 0 saturated heterocycles. The molecule has 0 bridgehead atoms. The number of carbonyl (C=O) groups excluding carboxylic acids is 1. The number of primary sulfonamides is 1. The number of benzene rings is 1. The predicted octanol–water partition coefficient (Wildman–Crippen LogP) is 1.93. The Kier molecular flexibility index (Phi) is 4.95. The Hall–Kier alpha value is -1.47. The molecule has 0 spiro atoms. The van der Waals surface area contributed by atoms with Crippen molar-refractivity contribution in [3.05, 3.63) is 29.6 Å². The van der Waals surface area contributed by atoms with Crippen molar-refractivity contribution >= 4 is 15.9 Å². The molecule has 1 aliphatic rings. The normalized spacial score (nSPS) is 17.2. The lowest BCUT2D eigenvalue weighted by atomic mass is 10.1. The zero-order valence-corrected chi connectivity index (χ0v) is 12.5. The van der Waals surface area contributed by atoms with Crippen LogP contribution in [-0.2, 0) is 10.0 Å². The molecule has 0 unspecified atom stereocenters. The molecule has 1 saturated carbocycles. The second kappa shape index (κ2) is 6.53. The van der Waals surface area contributed by atoms with Crippen LogP contribution in [0, 0.1) is 5.82 Å². The number of hydrogen-bond donors (Lipinski definition) is 2. The number of hydrogen-bond acceptors (Lipinski definition) is 3. The summed E-state index contributed by atoms with van der Waals surface area (Å²) in [5, 5.41) is 7.74. The molecule has 1 aromatic rings. The van der Waals surface area contributed by atoms with Crippen LogP contribution in [-0.4, -0.2) is 20.4 Å². The highest BCUT2D eigenvalue weighted by Gasteiger charge is 2.19. The minimum atomic E-state index is -3.97. The van der Waals surface area contributed by atoms with Gasteiger partial charge >= 0.3 is 0 Å². The number of sulfonamides is 1. The first kappa shape index (κ1) is 15.9. The summed E-state index contributed by atoms with van der Waals surface area (Å²) in [6.45, 7) is 0. The third kappa shape index (κ3) is 4.25. The lowest BCUT2D eigenvalue weighted by Gasteiger charge is -2.16. The topological polar surface area (TPSA) is 89.3 Å². The number of nitrogens with one attached hydrogen (secondary N) is 1. The van der Waals surface area contributed by atoms with Gasteiger partial charge in [0.25, 0.3) is 5.91 Å². The van der Waals surface area contributed by atoms with Gasteiger partial charge in [0, 0.05) is 6.04 Å². The van der Waals surface area contributed by atoms with E-state index in [0.29, 0.717) is 0 Å². The number of rotatable bonds is 3. The van der Waals surface area contributed by atoms with E-state index < -0.39 is 21.7 Å². The van der Waals surface area contributed by atoms with Crippen LogP contribution < -0.4 is 10.5 Å². The molecule has 2 rings (SSSR count). The Balaban J connectivity index is 2.12. The largest absolute Gasteiger partial charge is 0.349 e. The van der Waals surface area contributed by atoms with E-state index in [-0.39, 0.29) is 16.5 Å². The molecule has 3 N–H and O–H groups in total. The van der Waals surface area contributed by atoms with Crippen molar-refractivity contribution in [2.24, 2.45) is 5.14 Å². The van der Waals surface area contributed by atoms with Crippen molar-refractivity contribution in [1.82, 2.24) is 5.32 Å². The molecule has 0 aliphatic heterocycles. The van der Waals surface area contributed by atoms with Crippen LogP contribution in [0.5, 0.6) is 0 Å². The van der Waals surface area contributed by atoms with Crippen molar-refractivity contribution < 1.29 is 17.6 Å². The fourth-order valence-corrected chi connectivity index (χ4v) is 3.07. The summed E-state index contributed by atoms with van der Waals surface area (Å²) in [5.41, 5.74) is -0.161. The van der Waals surface area contributed by atoms with E-state index in [9.17, 15) is 17.6 Å². The Morgan fingerprint density at radius 1 is 1.19 bits per heavy atom. The van der Waals surface area contributed by atoms with Crippen LogP contribution in [0.25, 0.3) is 0 Å². The number of halogens is 1. The fraction of sp³-hybridized carbons (Fsp3) is 0.500. The summed E-state index contributed by atoms with van der Waals surface area (Å²) in [4.78, 5) is 11.7. The van der Waals surface area contributed by atoms with E-state index in [0.717, 1.165) is 56.7 Å². The number of amides is 1. The summed E-state index contributed by atoms with van der Waals surface area (Å²) in [5.74, 6) is -1.40. The fourth-order valence-electron chi connectivity index (χ4n) is 2.54. The van der Waals surface area contributed by atoms with Crippen molar-refractivity contribution in [1.29, 1.82) is 0 Å². The maximum Gasteiger partial charge on any atom is 0.254 e. The summed E-state index contributed by atoms with van der Waals surface area (Å²) < 4.78 is 36.1.